The minimum Gasteiger partial charge on any atom is -0.476 e. The van der Waals surface area contributed by atoms with Crippen LogP contribution in [-0.2, 0) is 9.53 Å². The lowest BCUT2D eigenvalue weighted by molar-refractivity contribution is -0.197. The Hall–Kier alpha value is -2.08. The van der Waals surface area contributed by atoms with Gasteiger partial charge in [0.1, 0.15) is 0 Å². The quantitative estimate of drug-likeness (QED) is 0.146. The van der Waals surface area contributed by atoms with Gasteiger partial charge in [-0.05, 0) is 30.7 Å². The molecule has 0 aromatic heterocycles. The number of carbonyl (C=O) groups is 2. The number of unbranched alkanes of at least 4 members (excludes halogenated alkanes) is 12. The molecular formula is C25H41NO5. The van der Waals surface area contributed by atoms with E-state index in [4.69, 9.17) is 5.11 Å². The van der Waals surface area contributed by atoms with Crippen LogP contribution in [-0.4, -0.2) is 34.5 Å². The summed E-state index contributed by atoms with van der Waals surface area (Å²) in [5.41, 5.74) is 1.08. The summed E-state index contributed by atoms with van der Waals surface area (Å²) in [7, 11) is 0. The van der Waals surface area contributed by atoms with Gasteiger partial charge in [-0.1, -0.05) is 84.0 Å². The first kappa shape index (κ1) is 27.0. The Kier molecular flexibility index (Phi) is 13.6. The van der Waals surface area contributed by atoms with Crippen LogP contribution in [0.25, 0.3) is 0 Å². The Morgan fingerprint density at radius 3 is 1.74 bits per heavy atom. The SMILES string of the molecule is CCCCCCCCCCCCCCCNc1ccc(C(=O)OC(C)(O)C(=O)O)cc1. The Balaban J connectivity index is 2.05. The van der Waals surface area contributed by atoms with Gasteiger partial charge in [0.15, 0.2) is 0 Å². The Labute approximate surface area is 187 Å². The first-order chi connectivity index (χ1) is 14.9. The number of aliphatic carboxylic acids is 1. The zero-order valence-electron chi connectivity index (χ0n) is 19.3. The fraction of sp³-hybridized carbons (Fsp3) is 0.680. The van der Waals surface area contributed by atoms with Crippen LogP contribution in [0.3, 0.4) is 0 Å². The number of aliphatic hydroxyl groups is 1. The van der Waals surface area contributed by atoms with Crippen LogP contribution < -0.4 is 5.32 Å². The number of ether oxygens (including phenoxy) is 1. The summed E-state index contributed by atoms with van der Waals surface area (Å²) in [6, 6.07) is 6.58. The van der Waals surface area contributed by atoms with Crippen LogP contribution in [0.1, 0.15) is 108 Å². The second-order valence-corrected chi connectivity index (χ2v) is 8.42. The molecule has 0 fully saturated rings. The van der Waals surface area contributed by atoms with Crippen molar-refractivity contribution < 1.29 is 24.5 Å². The van der Waals surface area contributed by atoms with Crippen LogP contribution in [0.15, 0.2) is 24.3 Å². The number of hydrogen-bond acceptors (Lipinski definition) is 5. The van der Waals surface area contributed by atoms with E-state index in [9.17, 15) is 14.7 Å². The summed E-state index contributed by atoms with van der Waals surface area (Å²) in [4.78, 5) is 22.7. The molecule has 0 heterocycles. The van der Waals surface area contributed by atoms with E-state index in [2.05, 4.69) is 17.0 Å². The molecule has 1 aromatic carbocycles. The van der Waals surface area contributed by atoms with Gasteiger partial charge in [-0.25, -0.2) is 9.59 Å². The van der Waals surface area contributed by atoms with Crippen molar-refractivity contribution in [1.82, 2.24) is 0 Å². The van der Waals surface area contributed by atoms with Crippen molar-refractivity contribution in [3.63, 3.8) is 0 Å². The third kappa shape index (κ3) is 12.4. The van der Waals surface area contributed by atoms with Crippen LogP contribution in [0, 0.1) is 0 Å². The Morgan fingerprint density at radius 2 is 1.29 bits per heavy atom. The zero-order chi connectivity index (χ0) is 23.0. The maximum atomic E-state index is 11.9. The molecule has 0 saturated heterocycles. The van der Waals surface area contributed by atoms with Crippen molar-refractivity contribution in [3.05, 3.63) is 29.8 Å². The van der Waals surface area contributed by atoms with Crippen molar-refractivity contribution in [2.24, 2.45) is 0 Å². The fourth-order valence-electron chi connectivity index (χ4n) is 3.38. The van der Waals surface area contributed by atoms with Crippen molar-refractivity contribution in [3.8, 4) is 0 Å². The van der Waals surface area contributed by atoms with Crippen LogP contribution in [0.5, 0.6) is 0 Å². The summed E-state index contributed by atoms with van der Waals surface area (Å²) in [6.07, 6.45) is 17.3. The number of carboxylic acid groups (broad SMARTS) is 1. The van der Waals surface area contributed by atoms with Gasteiger partial charge in [0.2, 0.25) is 0 Å². The lowest BCUT2D eigenvalue weighted by atomic mass is 10.0. The minimum absolute atomic E-state index is 0.188. The monoisotopic (exact) mass is 435 g/mol. The fourth-order valence-corrected chi connectivity index (χ4v) is 3.38. The highest BCUT2D eigenvalue weighted by Crippen LogP contribution is 2.15. The third-order valence-corrected chi connectivity index (χ3v) is 5.42. The standard InChI is InChI=1S/C25H41NO5/c1-3-4-5-6-7-8-9-10-11-12-13-14-15-20-26-22-18-16-21(17-19-22)23(27)31-25(2,30)24(28)29/h16-19,26,30H,3-15,20H2,1-2H3,(H,28,29). The number of hydrogen-bond donors (Lipinski definition) is 3. The minimum atomic E-state index is -2.54. The number of carbonyl (C=O) groups excluding carboxylic acids is 1. The molecule has 6 nitrogen and oxygen atoms in total. The van der Waals surface area contributed by atoms with E-state index < -0.39 is 17.7 Å². The maximum absolute atomic E-state index is 11.9. The lowest BCUT2D eigenvalue weighted by Crippen LogP contribution is -2.40. The summed E-state index contributed by atoms with van der Waals surface area (Å²) in [6.45, 7) is 4.04. The molecule has 1 atom stereocenters. The van der Waals surface area contributed by atoms with Gasteiger partial charge in [-0.15, -0.1) is 0 Å². The molecule has 0 amide bonds. The smallest absolute Gasteiger partial charge is 0.376 e. The molecule has 1 rings (SSSR count). The van der Waals surface area contributed by atoms with Crippen molar-refractivity contribution in [2.45, 2.75) is 103 Å². The van der Waals surface area contributed by atoms with E-state index in [0.717, 1.165) is 25.6 Å². The molecule has 0 saturated carbocycles. The predicted octanol–water partition coefficient (Wildman–Crippen LogP) is 6.14. The first-order valence-corrected chi connectivity index (χ1v) is 11.9. The first-order valence-electron chi connectivity index (χ1n) is 11.9. The maximum Gasteiger partial charge on any atom is 0.376 e. The van der Waals surface area contributed by atoms with Crippen LogP contribution >= 0.6 is 0 Å². The summed E-state index contributed by atoms with van der Waals surface area (Å²) in [5.74, 6) is -5.03. The molecule has 6 heteroatoms. The van der Waals surface area contributed by atoms with E-state index in [1.807, 2.05) is 0 Å². The van der Waals surface area contributed by atoms with E-state index in [1.165, 1.54) is 77.0 Å². The highest BCUT2D eigenvalue weighted by Gasteiger charge is 2.35. The van der Waals surface area contributed by atoms with Gasteiger partial charge in [0.25, 0.3) is 0 Å². The summed E-state index contributed by atoms with van der Waals surface area (Å²) < 4.78 is 4.61. The topological polar surface area (TPSA) is 95.9 Å². The van der Waals surface area contributed by atoms with Gasteiger partial charge < -0.3 is 20.3 Å². The van der Waals surface area contributed by atoms with E-state index >= 15 is 0 Å². The van der Waals surface area contributed by atoms with Crippen molar-refractivity contribution in [1.29, 1.82) is 0 Å². The van der Waals surface area contributed by atoms with E-state index in [0.29, 0.717) is 0 Å². The normalized spacial score (nSPS) is 12.9. The largest absolute Gasteiger partial charge is 0.476 e. The van der Waals surface area contributed by atoms with Gasteiger partial charge >= 0.3 is 17.7 Å². The Morgan fingerprint density at radius 1 is 0.839 bits per heavy atom. The third-order valence-electron chi connectivity index (χ3n) is 5.42. The lowest BCUT2D eigenvalue weighted by Gasteiger charge is -2.18. The molecule has 0 spiro atoms. The average molecular weight is 436 g/mol. The molecule has 0 radical (unpaired) electrons. The second kappa shape index (κ2) is 15.7. The van der Waals surface area contributed by atoms with Crippen molar-refractivity contribution >= 4 is 17.6 Å². The van der Waals surface area contributed by atoms with Gasteiger partial charge in [0.05, 0.1) is 5.56 Å². The van der Waals surface area contributed by atoms with Gasteiger partial charge in [-0.3, -0.25) is 0 Å². The number of carboxylic acids is 1. The molecule has 0 aliphatic heterocycles. The number of benzene rings is 1. The van der Waals surface area contributed by atoms with Gasteiger partial charge in [0, 0.05) is 19.2 Å². The molecular weight excluding hydrogens is 394 g/mol. The van der Waals surface area contributed by atoms with E-state index in [1.54, 1.807) is 24.3 Å². The predicted molar refractivity (Wildman–Crippen MR) is 124 cm³/mol. The molecule has 3 N–H and O–H groups in total. The Bertz CT molecular complexity index is 627. The summed E-state index contributed by atoms with van der Waals surface area (Å²) in [5, 5.41) is 21.6. The highest BCUT2D eigenvalue weighted by atomic mass is 16.7. The number of esters is 1. The molecule has 31 heavy (non-hydrogen) atoms. The van der Waals surface area contributed by atoms with Crippen LogP contribution in [0.4, 0.5) is 5.69 Å². The molecule has 1 aromatic rings. The second-order valence-electron chi connectivity index (χ2n) is 8.42. The number of anilines is 1. The van der Waals surface area contributed by atoms with Crippen molar-refractivity contribution in [2.75, 3.05) is 11.9 Å². The number of nitrogens with one attached hydrogen (secondary N) is 1. The molecule has 0 bridgehead atoms. The van der Waals surface area contributed by atoms with Gasteiger partial charge in [-0.2, -0.15) is 0 Å². The average Bonchev–Trinajstić information content (AvgIpc) is 2.74. The highest BCUT2D eigenvalue weighted by molar-refractivity contribution is 5.92. The van der Waals surface area contributed by atoms with E-state index in [-0.39, 0.29) is 5.56 Å². The van der Waals surface area contributed by atoms with Crippen LogP contribution in [0.2, 0.25) is 0 Å². The molecule has 0 aliphatic carbocycles. The molecule has 1 unspecified atom stereocenters. The zero-order valence-corrected chi connectivity index (χ0v) is 19.3. The number of rotatable bonds is 18. The molecule has 0 aliphatic rings. The molecule has 176 valence electrons. The summed E-state index contributed by atoms with van der Waals surface area (Å²) >= 11 is 0.